The maximum absolute atomic E-state index is 11.9. The van der Waals surface area contributed by atoms with E-state index in [0.717, 1.165) is 6.42 Å². The normalized spacial score (nSPS) is 46.8. The van der Waals surface area contributed by atoms with Crippen molar-refractivity contribution in [2.45, 2.75) is 24.9 Å². The molecule has 1 aromatic carbocycles. The van der Waals surface area contributed by atoms with Gasteiger partial charge in [-0.05, 0) is 29.7 Å². The van der Waals surface area contributed by atoms with Gasteiger partial charge in [-0.2, -0.15) is 0 Å². The highest BCUT2D eigenvalue weighted by Gasteiger charge is 2.64. The molecular formula is C15H16O2. The zero-order valence-electron chi connectivity index (χ0n) is 9.62. The number of hydrogen-bond acceptors (Lipinski definition) is 2. The molecule has 0 radical (unpaired) electrons. The molecule has 2 heteroatoms. The van der Waals surface area contributed by atoms with Crippen LogP contribution in [0.4, 0.5) is 0 Å². The molecule has 5 rings (SSSR count). The monoisotopic (exact) mass is 228 g/mol. The Morgan fingerprint density at radius 1 is 1.12 bits per heavy atom. The Morgan fingerprint density at radius 2 is 1.88 bits per heavy atom. The van der Waals surface area contributed by atoms with E-state index in [1.807, 2.05) is 18.2 Å². The van der Waals surface area contributed by atoms with Crippen molar-refractivity contribution < 1.29 is 9.90 Å². The number of carbonyl (C=O) groups is 1. The van der Waals surface area contributed by atoms with Gasteiger partial charge in [-0.1, -0.05) is 30.3 Å². The number of ketones is 1. The summed E-state index contributed by atoms with van der Waals surface area (Å²) in [6.45, 7) is 0. The molecule has 6 atom stereocenters. The molecule has 0 amide bonds. The smallest absolute Gasteiger partial charge is 0.136 e. The molecule has 0 saturated heterocycles. The fourth-order valence-corrected chi connectivity index (χ4v) is 4.55. The Balaban J connectivity index is 1.76. The average molecular weight is 228 g/mol. The first kappa shape index (κ1) is 9.84. The predicted molar refractivity (Wildman–Crippen MR) is 63.4 cm³/mol. The van der Waals surface area contributed by atoms with Gasteiger partial charge in [0, 0.05) is 18.3 Å². The fraction of sp³-hybridized carbons (Fsp3) is 0.533. The van der Waals surface area contributed by atoms with Crippen molar-refractivity contribution in [3.8, 4) is 0 Å². The van der Waals surface area contributed by atoms with Crippen molar-refractivity contribution in [2.24, 2.45) is 23.7 Å². The summed E-state index contributed by atoms with van der Waals surface area (Å²) in [5, 5.41) is 10.5. The van der Waals surface area contributed by atoms with Gasteiger partial charge >= 0.3 is 0 Å². The third-order valence-corrected chi connectivity index (χ3v) is 5.29. The summed E-state index contributed by atoms with van der Waals surface area (Å²) in [4.78, 5) is 11.9. The molecule has 4 aliphatic carbocycles. The zero-order valence-corrected chi connectivity index (χ0v) is 9.62. The molecule has 6 unspecified atom stereocenters. The predicted octanol–water partition coefficient (Wildman–Crippen LogP) is 1.99. The van der Waals surface area contributed by atoms with Gasteiger partial charge in [0.1, 0.15) is 5.78 Å². The summed E-state index contributed by atoms with van der Waals surface area (Å²) >= 11 is 0. The lowest BCUT2D eigenvalue weighted by atomic mass is 9.56. The highest BCUT2D eigenvalue weighted by Crippen LogP contribution is 2.64. The first-order valence-corrected chi connectivity index (χ1v) is 6.53. The molecular weight excluding hydrogens is 212 g/mol. The Labute approximate surface area is 101 Å². The summed E-state index contributed by atoms with van der Waals surface area (Å²) in [7, 11) is 0. The van der Waals surface area contributed by atoms with Crippen LogP contribution in [0.15, 0.2) is 30.3 Å². The maximum Gasteiger partial charge on any atom is 0.136 e. The van der Waals surface area contributed by atoms with Crippen molar-refractivity contribution in [1.82, 2.24) is 0 Å². The number of aliphatic hydroxyl groups is 1. The third kappa shape index (κ3) is 1.12. The van der Waals surface area contributed by atoms with Crippen LogP contribution < -0.4 is 0 Å². The van der Waals surface area contributed by atoms with Gasteiger partial charge in [-0.15, -0.1) is 0 Å². The van der Waals surface area contributed by atoms with E-state index >= 15 is 0 Å². The summed E-state index contributed by atoms with van der Waals surface area (Å²) < 4.78 is 0. The summed E-state index contributed by atoms with van der Waals surface area (Å²) in [5.41, 5.74) is 1.22. The molecule has 1 aromatic rings. The van der Waals surface area contributed by atoms with Crippen LogP contribution in [0.5, 0.6) is 0 Å². The van der Waals surface area contributed by atoms with Gasteiger partial charge in [0.05, 0.1) is 6.10 Å². The minimum Gasteiger partial charge on any atom is -0.392 e. The average Bonchev–Trinajstić information content (AvgIpc) is 2.43. The van der Waals surface area contributed by atoms with Gasteiger partial charge in [0.2, 0.25) is 0 Å². The second-order valence-electron chi connectivity index (χ2n) is 5.84. The van der Waals surface area contributed by atoms with Crippen molar-refractivity contribution >= 4 is 5.78 Å². The minimum absolute atomic E-state index is 0.181. The number of Topliss-reactive ketones (excluding diaryl/α,β-unsaturated/α-hetero) is 1. The summed E-state index contributed by atoms with van der Waals surface area (Å²) in [6.07, 6.45) is 1.44. The lowest BCUT2D eigenvalue weighted by molar-refractivity contribution is -0.141. The number of fused-ring (bicyclic) bond motifs is 1. The van der Waals surface area contributed by atoms with Gasteiger partial charge in [-0.25, -0.2) is 0 Å². The molecule has 0 heterocycles. The highest BCUT2D eigenvalue weighted by atomic mass is 16.3. The SMILES string of the molecule is O=C1CC2C3CC1C3C(O)C2c1ccccc1. The van der Waals surface area contributed by atoms with Crippen molar-refractivity contribution in [2.75, 3.05) is 0 Å². The van der Waals surface area contributed by atoms with Crippen LogP contribution in [-0.2, 0) is 4.79 Å². The standard InChI is InChI=1S/C15H16O2/c16-12-7-10-9-6-11(12)14(9)15(17)13(10)8-4-2-1-3-5-8/h1-5,9-11,13-15,17H,6-7H2. The molecule has 0 aliphatic heterocycles. The van der Waals surface area contributed by atoms with Crippen molar-refractivity contribution in [3.05, 3.63) is 35.9 Å². The Kier molecular flexibility index (Phi) is 1.85. The van der Waals surface area contributed by atoms with Crippen LogP contribution in [0.2, 0.25) is 0 Å². The van der Waals surface area contributed by atoms with Crippen LogP contribution in [0, 0.1) is 23.7 Å². The molecule has 4 saturated carbocycles. The number of aliphatic hydroxyl groups excluding tert-OH is 1. The molecule has 88 valence electrons. The molecule has 2 nitrogen and oxygen atoms in total. The number of benzene rings is 1. The lowest BCUT2D eigenvalue weighted by Gasteiger charge is -2.47. The Morgan fingerprint density at radius 3 is 2.59 bits per heavy atom. The summed E-state index contributed by atoms with van der Waals surface area (Å²) in [5.74, 6) is 2.06. The molecule has 0 aromatic heterocycles. The molecule has 4 fully saturated rings. The zero-order chi connectivity index (χ0) is 11.6. The van der Waals surface area contributed by atoms with E-state index in [1.165, 1.54) is 5.56 Å². The Bertz CT molecular complexity index is 467. The molecule has 0 spiro atoms. The van der Waals surface area contributed by atoms with Crippen LogP contribution in [0.25, 0.3) is 0 Å². The van der Waals surface area contributed by atoms with E-state index in [2.05, 4.69) is 12.1 Å². The number of hydrogen-bond donors (Lipinski definition) is 1. The fourth-order valence-electron chi connectivity index (χ4n) is 4.55. The van der Waals surface area contributed by atoms with Gasteiger partial charge in [0.15, 0.2) is 0 Å². The quantitative estimate of drug-likeness (QED) is 0.798. The molecule has 4 bridgehead atoms. The third-order valence-electron chi connectivity index (χ3n) is 5.29. The van der Waals surface area contributed by atoms with Crippen LogP contribution in [0.3, 0.4) is 0 Å². The second kappa shape index (κ2) is 3.20. The van der Waals surface area contributed by atoms with Crippen molar-refractivity contribution in [3.63, 3.8) is 0 Å². The van der Waals surface area contributed by atoms with E-state index in [1.54, 1.807) is 0 Å². The van der Waals surface area contributed by atoms with Crippen LogP contribution in [0.1, 0.15) is 24.3 Å². The highest BCUT2D eigenvalue weighted by molar-refractivity contribution is 5.85. The topological polar surface area (TPSA) is 37.3 Å². The van der Waals surface area contributed by atoms with E-state index in [-0.39, 0.29) is 23.9 Å². The summed E-state index contributed by atoms with van der Waals surface area (Å²) in [6, 6.07) is 10.2. The Hall–Kier alpha value is -1.15. The maximum atomic E-state index is 11.9. The van der Waals surface area contributed by atoms with Gasteiger partial charge < -0.3 is 5.11 Å². The second-order valence-corrected chi connectivity index (χ2v) is 5.84. The first-order valence-electron chi connectivity index (χ1n) is 6.53. The van der Waals surface area contributed by atoms with E-state index in [9.17, 15) is 9.90 Å². The van der Waals surface area contributed by atoms with Crippen LogP contribution in [-0.4, -0.2) is 17.0 Å². The largest absolute Gasteiger partial charge is 0.392 e. The molecule has 17 heavy (non-hydrogen) atoms. The number of rotatable bonds is 1. The minimum atomic E-state index is -0.294. The molecule has 4 aliphatic rings. The van der Waals surface area contributed by atoms with E-state index in [0.29, 0.717) is 24.0 Å². The van der Waals surface area contributed by atoms with Crippen molar-refractivity contribution in [1.29, 1.82) is 0 Å². The lowest BCUT2D eigenvalue weighted by Crippen LogP contribution is -2.48. The first-order chi connectivity index (χ1) is 8.27. The van der Waals surface area contributed by atoms with Gasteiger partial charge in [0.25, 0.3) is 0 Å². The van der Waals surface area contributed by atoms with Gasteiger partial charge in [-0.3, -0.25) is 4.79 Å². The van der Waals surface area contributed by atoms with E-state index in [4.69, 9.17) is 0 Å². The number of carbonyl (C=O) groups excluding carboxylic acids is 1. The van der Waals surface area contributed by atoms with Crippen LogP contribution >= 0.6 is 0 Å². The van der Waals surface area contributed by atoms with E-state index < -0.39 is 0 Å². The molecule has 1 N–H and O–H groups in total.